The summed E-state index contributed by atoms with van der Waals surface area (Å²) in [6, 6.07) is 6.88. The van der Waals surface area contributed by atoms with Crippen molar-refractivity contribution in [2.24, 2.45) is 0 Å². The number of hydrogen-bond acceptors (Lipinski definition) is 3. The van der Waals surface area contributed by atoms with Crippen molar-refractivity contribution in [3.05, 3.63) is 40.4 Å². The van der Waals surface area contributed by atoms with Crippen LogP contribution in [0, 0.1) is 0 Å². The van der Waals surface area contributed by atoms with Crippen LogP contribution >= 0.6 is 15.9 Å². The molecule has 1 aromatic carbocycles. The predicted molar refractivity (Wildman–Crippen MR) is 77.4 cm³/mol. The standard InChI is InChI=1S/C14H16BrNO3/c1-3-19-14(18)10(2)16-13(17)9-8-11-6-4-5-7-12(11)15/h4-10H,3H2,1-2H3,(H,16,17). The molecule has 0 spiro atoms. The van der Waals surface area contributed by atoms with Gasteiger partial charge < -0.3 is 10.1 Å². The summed E-state index contributed by atoms with van der Waals surface area (Å²) in [6.07, 6.45) is 3.06. The molecular formula is C14H16BrNO3. The minimum Gasteiger partial charge on any atom is -0.464 e. The lowest BCUT2D eigenvalue weighted by Gasteiger charge is -2.10. The summed E-state index contributed by atoms with van der Waals surface area (Å²) in [5, 5.41) is 2.54. The molecule has 0 saturated heterocycles. The number of amides is 1. The number of nitrogens with one attached hydrogen (secondary N) is 1. The molecule has 1 amide bonds. The Balaban J connectivity index is 2.56. The molecule has 0 aliphatic rings. The molecule has 1 N–H and O–H groups in total. The van der Waals surface area contributed by atoms with E-state index < -0.39 is 12.0 Å². The first kappa shape index (κ1) is 15.4. The summed E-state index contributed by atoms with van der Waals surface area (Å²) in [5.41, 5.74) is 0.890. The molecule has 1 unspecified atom stereocenters. The summed E-state index contributed by atoms with van der Waals surface area (Å²) in [4.78, 5) is 23.0. The molecule has 4 nitrogen and oxygen atoms in total. The van der Waals surface area contributed by atoms with Gasteiger partial charge in [0.1, 0.15) is 6.04 Å². The average Bonchev–Trinajstić information content (AvgIpc) is 2.38. The Morgan fingerprint density at radius 2 is 2.11 bits per heavy atom. The second-order valence-corrected chi connectivity index (χ2v) is 4.69. The van der Waals surface area contributed by atoms with Crippen LogP contribution in [0.25, 0.3) is 6.08 Å². The van der Waals surface area contributed by atoms with E-state index in [9.17, 15) is 9.59 Å². The van der Waals surface area contributed by atoms with Gasteiger partial charge in [-0.25, -0.2) is 4.79 Å². The monoisotopic (exact) mass is 325 g/mol. The molecule has 0 aliphatic carbocycles. The number of ether oxygens (including phenoxy) is 1. The summed E-state index contributed by atoms with van der Waals surface area (Å²) >= 11 is 3.38. The quantitative estimate of drug-likeness (QED) is 0.668. The second-order valence-electron chi connectivity index (χ2n) is 3.84. The van der Waals surface area contributed by atoms with Crippen LogP contribution in [-0.4, -0.2) is 24.5 Å². The first-order chi connectivity index (χ1) is 9.04. The van der Waals surface area contributed by atoms with Gasteiger partial charge in [0.2, 0.25) is 5.91 Å². The van der Waals surface area contributed by atoms with Gasteiger partial charge in [-0.05, 0) is 31.6 Å². The fourth-order valence-corrected chi connectivity index (χ4v) is 1.78. The molecule has 0 radical (unpaired) electrons. The lowest BCUT2D eigenvalue weighted by Crippen LogP contribution is -2.38. The van der Waals surface area contributed by atoms with Crippen molar-refractivity contribution in [1.82, 2.24) is 5.32 Å². The Morgan fingerprint density at radius 1 is 1.42 bits per heavy atom. The van der Waals surface area contributed by atoms with E-state index in [0.717, 1.165) is 10.0 Å². The minimum absolute atomic E-state index is 0.297. The topological polar surface area (TPSA) is 55.4 Å². The first-order valence-corrected chi connectivity index (χ1v) is 6.73. The molecule has 0 heterocycles. The number of rotatable bonds is 5. The van der Waals surface area contributed by atoms with E-state index in [2.05, 4.69) is 21.2 Å². The van der Waals surface area contributed by atoms with Crippen molar-refractivity contribution in [3.63, 3.8) is 0 Å². The average molecular weight is 326 g/mol. The Labute approximate surface area is 121 Å². The Kier molecular flexibility index (Phi) is 6.29. The molecule has 5 heteroatoms. The number of benzene rings is 1. The smallest absolute Gasteiger partial charge is 0.328 e. The van der Waals surface area contributed by atoms with E-state index in [1.54, 1.807) is 19.9 Å². The highest BCUT2D eigenvalue weighted by Gasteiger charge is 2.14. The van der Waals surface area contributed by atoms with E-state index >= 15 is 0 Å². The second kappa shape index (κ2) is 7.74. The molecule has 0 bridgehead atoms. The first-order valence-electron chi connectivity index (χ1n) is 5.94. The van der Waals surface area contributed by atoms with Crippen molar-refractivity contribution >= 4 is 33.9 Å². The largest absolute Gasteiger partial charge is 0.464 e. The van der Waals surface area contributed by atoms with Crippen LogP contribution in [0.2, 0.25) is 0 Å². The Bertz CT molecular complexity index is 485. The molecule has 0 fully saturated rings. The zero-order valence-electron chi connectivity index (χ0n) is 10.9. The third kappa shape index (κ3) is 5.26. The van der Waals surface area contributed by atoms with E-state index in [1.807, 2.05) is 24.3 Å². The van der Waals surface area contributed by atoms with Crippen molar-refractivity contribution < 1.29 is 14.3 Å². The van der Waals surface area contributed by atoms with Crippen molar-refractivity contribution in [2.45, 2.75) is 19.9 Å². The molecule has 102 valence electrons. The van der Waals surface area contributed by atoms with Gasteiger partial charge in [0.15, 0.2) is 0 Å². The molecular weight excluding hydrogens is 310 g/mol. The summed E-state index contributed by atoms with van der Waals surface area (Å²) < 4.78 is 5.70. The van der Waals surface area contributed by atoms with Crippen LogP contribution in [0.1, 0.15) is 19.4 Å². The molecule has 1 atom stereocenters. The molecule has 19 heavy (non-hydrogen) atoms. The van der Waals surface area contributed by atoms with Gasteiger partial charge in [0.05, 0.1) is 6.61 Å². The summed E-state index contributed by atoms with van der Waals surface area (Å²) in [5.74, 6) is -0.776. The van der Waals surface area contributed by atoms with Crippen LogP contribution in [0.5, 0.6) is 0 Å². The van der Waals surface area contributed by atoms with Crippen LogP contribution in [-0.2, 0) is 14.3 Å². The van der Waals surface area contributed by atoms with Crippen molar-refractivity contribution in [3.8, 4) is 0 Å². The van der Waals surface area contributed by atoms with E-state index in [-0.39, 0.29) is 5.91 Å². The van der Waals surface area contributed by atoms with E-state index in [4.69, 9.17) is 4.74 Å². The van der Waals surface area contributed by atoms with Crippen LogP contribution in [0.15, 0.2) is 34.8 Å². The van der Waals surface area contributed by atoms with Crippen LogP contribution < -0.4 is 5.32 Å². The van der Waals surface area contributed by atoms with Gasteiger partial charge in [-0.15, -0.1) is 0 Å². The molecule has 1 aromatic rings. The zero-order valence-corrected chi connectivity index (χ0v) is 12.4. The lowest BCUT2D eigenvalue weighted by molar-refractivity contribution is -0.146. The van der Waals surface area contributed by atoms with E-state index in [0.29, 0.717) is 6.61 Å². The fraction of sp³-hybridized carbons (Fsp3) is 0.286. The Hall–Kier alpha value is -1.62. The SMILES string of the molecule is CCOC(=O)C(C)NC(=O)C=Cc1ccccc1Br. The van der Waals surface area contributed by atoms with Gasteiger partial charge in [-0.3, -0.25) is 4.79 Å². The van der Waals surface area contributed by atoms with Gasteiger partial charge in [0.25, 0.3) is 0 Å². The van der Waals surface area contributed by atoms with Gasteiger partial charge in [-0.2, -0.15) is 0 Å². The normalized spacial score (nSPS) is 12.2. The lowest BCUT2D eigenvalue weighted by atomic mass is 10.2. The van der Waals surface area contributed by atoms with Crippen LogP contribution in [0.3, 0.4) is 0 Å². The molecule has 0 aromatic heterocycles. The maximum absolute atomic E-state index is 11.6. The molecule has 0 saturated carbocycles. The van der Waals surface area contributed by atoms with Gasteiger partial charge in [-0.1, -0.05) is 34.1 Å². The van der Waals surface area contributed by atoms with Crippen molar-refractivity contribution in [1.29, 1.82) is 0 Å². The number of halogens is 1. The maximum atomic E-state index is 11.6. The highest BCUT2D eigenvalue weighted by molar-refractivity contribution is 9.10. The number of hydrogen-bond donors (Lipinski definition) is 1. The minimum atomic E-state index is -0.656. The number of carbonyl (C=O) groups excluding carboxylic acids is 2. The van der Waals surface area contributed by atoms with Crippen molar-refractivity contribution in [2.75, 3.05) is 6.61 Å². The van der Waals surface area contributed by atoms with E-state index in [1.165, 1.54) is 6.08 Å². The summed E-state index contributed by atoms with van der Waals surface area (Å²) in [6.45, 7) is 3.60. The number of esters is 1. The van der Waals surface area contributed by atoms with Crippen LogP contribution in [0.4, 0.5) is 0 Å². The number of carbonyl (C=O) groups is 2. The highest BCUT2D eigenvalue weighted by Crippen LogP contribution is 2.16. The summed E-state index contributed by atoms with van der Waals surface area (Å²) in [7, 11) is 0. The maximum Gasteiger partial charge on any atom is 0.328 e. The fourth-order valence-electron chi connectivity index (χ4n) is 1.36. The molecule has 1 rings (SSSR count). The predicted octanol–water partition coefficient (Wildman–Crippen LogP) is 2.53. The third-order valence-electron chi connectivity index (χ3n) is 2.32. The zero-order chi connectivity index (χ0) is 14.3. The van der Waals surface area contributed by atoms with Gasteiger partial charge in [0, 0.05) is 10.5 Å². The molecule has 0 aliphatic heterocycles. The highest BCUT2D eigenvalue weighted by atomic mass is 79.9. The van der Waals surface area contributed by atoms with Gasteiger partial charge >= 0.3 is 5.97 Å². The third-order valence-corrected chi connectivity index (χ3v) is 3.04. The Morgan fingerprint density at radius 3 is 2.74 bits per heavy atom.